The molecule has 0 aromatic carbocycles. The minimum Gasteiger partial charge on any atom is -0.328 e. The Morgan fingerprint density at radius 3 is 2.60 bits per heavy atom. The van der Waals surface area contributed by atoms with Crippen LogP contribution in [0.4, 0.5) is 0 Å². The zero-order valence-electron chi connectivity index (χ0n) is 6.99. The first-order chi connectivity index (χ1) is 4.58. The first-order valence-corrected chi connectivity index (χ1v) is 3.74. The second kappa shape index (κ2) is 2.62. The van der Waals surface area contributed by atoms with Gasteiger partial charge in [-0.2, -0.15) is 0 Å². The largest absolute Gasteiger partial charge is 0.328 e. The van der Waals surface area contributed by atoms with Gasteiger partial charge < -0.3 is 5.43 Å². The quantitative estimate of drug-likeness (QED) is 0.575. The maximum absolute atomic E-state index is 3.05. The fourth-order valence-corrected chi connectivity index (χ4v) is 1.16. The molecule has 1 aliphatic heterocycles. The van der Waals surface area contributed by atoms with E-state index in [-0.39, 0.29) is 0 Å². The van der Waals surface area contributed by atoms with Crippen LogP contribution in [0.5, 0.6) is 0 Å². The van der Waals surface area contributed by atoms with E-state index in [1.165, 1.54) is 12.0 Å². The van der Waals surface area contributed by atoms with Crippen LogP contribution in [0, 0.1) is 5.41 Å². The summed E-state index contributed by atoms with van der Waals surface area (Å²) in [7, 11) is 0. The van der Waals surface area contributed by atoms with Crippen molar-refractivity contribution in [2.75, 3.05) is 6.54 Å². The van der Waals surface area contributed by atoms with Crippen molar-refractivity contribution in [2.24, 2.45) is 5.41 Å². The highest BCUT2D eigenvalue weighted by Crippen LogP contribution is 2.23. The Labute approximate surface area is 62.7 Å². The summed E-state index contributed by atoms with van der Waals surface area (Å²) in [4.78, 5) is 0. The zero-order valence-corrected chi connectivity index (χ0v) is 6.99. The molecule has 0 radical (unpaired) electrons. The normalized spacial score (nSPS) is 18.5. The predicted molar refractivity (Wildman–Crippen MR) is 43.3 cm³/mol. The fourth-order valence-electron chi connectivity index (χ4n) is 1.16. The van der Waals surface area contributed by atoms with Gasteiger partial charge in [-0.25, -0.2) is 5.43 Å². The lowest BCUT2D eigenvalue weighted by atomic mass is 9.88. The molecule has 0 aromatic rings. The Morgan fingerprint density at radius 2 is 2.20 bits per heavy atom. The first-order valence-electron chi connectivity index (χ1n) is 3.74. The molecule has 58 valence electrons. The lowest BCUT2D eigenvalue weighted by Gasteiger charge is -2.17. The van der Waals surface area contributed by atoms with Crippen molar-refractivity contribution < 1.29 is 0 Å². The molecule has 1 heterocycles. The van der Waals surface area contributed by atoms with Crippen LogP contribution < -0.4 is 10.9 Å². The van der Waals surface area contributed by atoms with Crippen LogP contribution in [0.1, 0.15) is 27.2 Å². The van der Waals surface area contributed by atoms with Gasteiger partial charge >= 0.3 is 0 Å². The molecule has 2 heteroatoms. The summed E-state index contributed by atoms with van der Waals surface area (Å²) >= 11 is 0. The van der Waals surface area contributed by atoms with Crippen molar-refractivity contribution in [3.63, 3.8) is 0 Å². The third-order valence-electron chi connectivity index (χ3n) is 1.45. The lowest BCUT2D eigenvalue weighted by Crippen LogP contribution is -2.20. The molecule has 0 saturated heterocycles. The molecule has 0 spiro atoms. The number of rotatable bonds is 1. The molecule has 0 atom stereocenters. The van der Waals surface area contributed by atoms with Crippen molar-refractivity contribution in [1.82, 2.24) is 10.9 Å². The van der Waals surface area contributed by atoms with Crippen LogP contribution in [0.25, 0.3) is 0 Å². The van der Waals surface area contributed by atoms with Crippen LogP contribution in [-0.2, 0) is 0 Å². The zero-order chi connectivity index (χ0) is 7.61. The van der Waals surface area contributed by atoms with Gasteiger partial charge in [-0.05, 0) is 17.4 Å². The van der Waals surface area contributed by atoms with E-state index in [0.29, 0.717) is 5.41 Å². The van der Waals surface area contributed by atoms with E-state index in [0.717, 1.165) is 6.54 Å². The van der Waals surface area contributed by atoms with Crippen LogP contribution in [0.3, 0.4) is 0 Å². The molecule has 0 saturated carbocycles. The number of nitrogens with one attached hydrogen (secondary N) is 2. The number of hydrogen-bond acceptors (Lipinski definition) is 2. The van der Waals surface area contributed by atoms with Crippen molar-refractivity contribution in [3.8, 4) is 0 Å². The second-order valence-corrected chi connectivity index (χ2v) is 4.04. The fraction of sp³-hybridized carbons (Fsp3) is 0.750. The van der Waals surface area contributed by atoms with Crippen molar-refractivity contribution in [1.29, 1.82) is 0 Å². The van der Waals surface area contributed by atoms with Gasteiger partial charge in [-0.1, -0.05) is 20.8 Å². The Kier molecular flexibility index (Phi) is 2.00. The average molecular weight is 140 g/mol. The van der Waals surface area contributed by atoms with E-state index in [1.54, 1.807) is 0 Å². The monoisotopic (exact) mass is 140 g/mol. The van der Waals surface area contributed by atoms with Gasteiger partial charge in [-0.15, -0.1) is 0 Å². The summed E-state index contributed by atoms with van der Waals surface area (Å²) in [5.41, 5.74) is 7.92. The maximum atomic E-state index is 3.05. The minimum absolute atomic E-state index is 0.416. The second-order valence-electron chi connectivity index (χ2n) is 4.04. The third-order valence-corrected chi connectivity index (χ3v) is 1.45. The van der Waals surface area contributed by atoms with Gasteiger partial charge in [0.2, 0.25) is 0 Å². The smallest absolute Gasteiger partial charge is 0.0375 e. The standard InChI is InChI=1S/C8H16N2/c1-8(2,3)4-7-5-9-10-6-7/h5,9-10H,4,6H2,1-3H3. The van der Waals surface area contributed by atoms with E-state index in [2.05, 4.69) is 37.8 Å². The van der Waals surface area contributed by atoms with Gasteiger partial charge in [0.25, 0.3) is 0 Å². The molecular formula is C8H16N2. The third kappa shape index (κ3) is 2.40. The molecule has 1 aliphatic rings. The van der Waals surface area contributed by atoms with E-state index in [4.69, 9.17) is 0 Å². The topological polar surface area (TPSA) is 24.1 Å². The molecule has 0 unspecified atom stereocenters. The Morgan fingerprint density at radius 1 is 1.50 bits per heavy atom. The Bertz CT molecular complexity index is 142. The molecule has 2 nitrogen and oxygen atoms in total. The van der Waals surface area contributed by atoms with Crippen LogP contribution in [-0.4, -0.2) is 6.54 Å². The molecule has 0 aromatic heterocycles. The Balaban J connectivity index is 2.38. The summed E-state index contributed by atoms with van der Waals surface area (Å²) in [6.07, 6.45) is 3.23. The predicted octanol–water partition coefficient (Wildman–Crippen LogP) is 1.41. The molecule has 2 N–H and O–H groups in total. The molecule has 0 bridgehead atoms. The van der Waals surface area contributed by atoms with E-state index >= 15 is 0 Å². The van der Waals surface area contributed by atoms with Gasteiger partial charge in [-0.3, -0.25) is 0 Å². The molecule has 0 fully saturated rings. The minimum atomic E-state index is 0.416. The van der Waals surface area contributed by atoms with Gasteiger partial charge in [0, 0.05) is 12.7 Å². The van der Waals surface area contributed by atoms with E-state index in [1.807, 2.05) is 0 Å². The van der Waals surface area contributed by atoms with Crippen LogP contribution >= 0.6 is 0 Å². The highest BCUT2D eigenvalue weighted by Gasteiger charge is 2.14. The molecule has 1 rings (SSSR count). The van der Waals surface area contributed by atoms with Crippen LogP contribution in [0.2, 0.25) is 0 Å². The summed E-state index contributed by atoms with van der Waals surface area (Å²) in [6.45, 7) is 7.77. The van der Waals surface area contributed by atoms with Gasteiger partial charge in [0.1, 0.15) is 0 Å². The van der Waals surface area contributed by atoms with Crippen molar-refractivity contribution in [3.05, 3.63) is 11.8 Å². The summed E-state index contributed by atoms with van der Waals surface area (Å²) in [5, 5.41) is 0. The highest BCUT2D eigenvalue weighted by atomic mass is 15.4. The Hall–Kier alpha value is -0.500. The SMILES string of the molecule is CC(C)(C)CC1=CNNC1. The molecular weight excluding hydrogens is 124 g/mol. The maximum Gasteiger partial charge on any atom is 0.0375 e. The lowest BCUT2D eigenvalue weighted by molar-refractivity contribution is 0.407. The van der Waals surface area contributed by atoms with Gasteiger partial charge in [0.15, 0.2) is 0 Å². The first kappa shape index (κ1) is 7.61. The molecule has 0 aliphatic carbocycles. The summed E-state index contributed by atoms with van der Waals surface area (Å²) < 4.78 is 0. The molecule has 0 amide bonds. The van der Waals surface area contributed by atoms with E-state index < -0.39 is 0 Å². The average Bonchev–Trinajstić information content (AvgIpc) is 2.12. The summed E-state index contributed by atoms with van der Waals surface area (Å²) in [5.74, 6) is 0. The highest BCUT2D eigenvalue weighted by molar-refractivity contribution is 5.08. The van der Waals surface area contributed by atoms with Gasteiger partial charge in [0.05, 0.1) is 0 Å². The number of hydrazine groups is 1. The summed E-state index contributed by atoms with van der Waals surface area (Å²) in [6, 6.07) is 0. The van der Waals surface area contributed by atoms with Crippen LogP contribution in [0.15, 0.2) is 11.8 Å². The van der Waals surface area contributed by atoms with E-state index in [9.17, 15) is 0 Å². The number of hydrogen-bond donors (Lipinski definition) is 2. The molecule has 10 heavy (non-hydrogen) atoms. The van der Waals surface area contributed by atoms with Crippen molar-refractivity contribution >= 4 is 0 Å². The van der Waals surface area contributed by atoms with Crippen molar-refractivity contribution in [2.45, 2.75) is 27.2 Å².